The average molecular weight is 313 g/mol. The minimum absolute atomic E-state index is 0.356. The number of carbonyl (C=O) groups excluding carboxylic acids is 1. The number of amides is 1. The number of ether oxygens (including phenoxy) is 1. The average Bonchev–Trinajstić information content (AvgIpc) is 2.58. The van der Waals surface area contributed by atoms with Crippen LogP contribution < -0.4 is 4.90 Å². The summed E-state index contributed by atoms with van der Waals surface area (Å²) in [6.45, 7) is 5.11. The van der Waals surface area contributed by atoms with Crippen LogP contribution >= 0.6 is 0 Å². The number of hydrogen-bond donors (Lipinski definition) is 1. The number of benzene rings is 2. The van der Waals surface area contributed by atoms with Gasteiger partial charge in [0.2, 0.25) is 0 Å². The van der Waals surface area contributed by atoms with E-state index in [1.165, 1.54) is 0 Å². The molecule has 0 radical (unpaired) electrons. The van der Waals surface area contributed by atoms with E-state index in [1.54, 1.807) is 11.8 Å². The zero-order valence-corrected chi connectivity index (χ0v) is 12.9. The summed E-state index contributed by atoms with van der Waals surface area (Å²) in [7, 11) is 0. The maximum absolute atomic E-state index is 12.0. The van der Waals surface area contributed by atoms with Crippen LogP contribution in [0.5, 0.6) is 0 Å². The number of para-hydroxylation sites is 2. The molecular formula is C18H19NO4. The molecule has 0 unspecified atom stereocenters. The highest BCUT2D eigenvalue weighted by Gasteiger charge is 2.18. The van der Waals surface area contributed by atoms with Gasteiger partial charge in [0.05, 0.1) is 18.0 Å². The topological polar surface area (TPSA) is 66.8 Å². The molecule has 23 heavy (non-hydrogen) atoms. The smallest absolute Gasteiger partial charge is 0.418 e. The molecule has 1 amide bonds. The molecule has 2 rings (SSSR count). The summed E-state index contributed by atoms with van der Waals surface area (Å²) in [4.78, 5) is 22.9. The number of rotatable bonds is 4. The molecule has 120 valence electrons. The molecule has 0 bridgehead atoms. The number of anilines is 2. The molecule has 0 saturated carbocycles. The predicted octanol–water partition coefficient (Wildman–Crippen LogP) is 4.24. The molecule has 5 nitrogen and oxygen atoms in total. The van der Waals surface area contributed by atoms with Crippen molar-refractivity contribution >= 4 is 23.4 Å². The van der Waals surface area contributed by atoms with Gasteiger partial charge < -0.3 is 9.84 Å². The van der Waals surface area contributed by atoms with Crippen LogP contribution in [0.1, 0.15) is 6.92 Å². The van der Waals surface area contributed by atoms with Gasteiger partial charge in [-0.1, -0.05) is 43.0 Å². The summed E-state index contributed by atoms with van der Waals surface area (Å²) >= 11 is 0. The van der Waals surface area contributed by atoms with Crippen LogP contribution in [-0.4, -0.2) is 23.8 Å². The van der Waals surface area contributed by atoms with Gasteiger partial charge in [-0.3, -0.25) is 0 Å². The third-order valence-corrected chi connectivity index (χ3v) is 2.65. The van der Waals surface area contributed by atoms with E-state index >= 15 is 0 Å². The maximum Gasteiger partial charge on any atom is 0.418 e. The van der Waals surface area contributed by atoms with Crippen molar-refractivity contribution in [2.24, 2.45) is 0 Å². The van der Waals surface area contributed by atoms with Crippen molar-refractivity contribution in [3.05, 3.63) is 73.3 Å². The van der Waals surface area contributed by atoms with E-state index in [4.69, 9.17) is 9.84 Å². The highest BCUT2D eigenvalue weighted by atomic mass is 16.6. The highest BCUT2D eigenvalue weighted by molar-refractivity contribution is 5.95. The number of carboxylic acids is 1. The summed E-state index contributed by atoms with van der Waals surface area (Å²) in [5.74, 6) is -0.981. The van der Waals surface area contributed by atoms with Crippen molar-refractivity contribution in [2.45, 2.75) is 6.92 Å². The largest absolute Gasteiger partial charge is 0.478 e. The Morgan fingerprint density at radius 2 is 1.43 bits per heavy atom. The fraction of sp³-hybridized carbons (Fsp3) is 0.111. The standard InChI is InChI=1S/C15H15NO2.C3H4O2/c1-2-18-15(17)16(13-9-5-3-6-10-13)14-11-7-4-8-12-14;1-2-3(4)5/h3-12H,2H2,1H3;2H,1H2,(H,4,5). The van der Waals surface area contributed by atoms with Gasteiger partial charge >= 0.3 is 12.1 Å². The Hall–Kier alpha value is -3.08. The number of carbonyl (C=O) groups is 2. The molecular weight excluding hydrogens is 294 g/mol. The molecule has 0 aliphatic rings. The van der Waals surface area contributed by atoms with Gasteiger partial charge in [0.1, 0.15) is 0 Å². The Bertz CT molecular complexity index is 586. The van der Waals surface area contributed by atoms with E-state index in [0.29, 0.717) is 6.61 Å². The Labute approximate surface area is 135 Å². The van der Waals surface area contributed by atoms with E-state index in [-0.39, 0.29) is 6.09 Å². The van der Waals surface area contributed by atoms with Crippen molar-refractivity contribution in [2.75, 3.05) is 11.5 Å². The molecule has 1 N–H and O–H groups in total. The zero-order valence-electron chi connectivity index (χ0n) is 12.9. The third kappa shape index (κ3) is 6.05. The lowest BCUT2D eigenvalue weighted by molar-refractivity contribution is -0.131. The van der Waals surface area contributed by atoms with E-state index in [2.05, 4.69) is 6.58 Å². The van der Waals surface area contributed by atoms with Crippen LogP contribution in [0.15, 0.2) is 73.3 Å². The Morgan fingerprint density at radius 3 is 1.74 bits per heavy atom. The minimum atomic E-state index is -0.981. The number of aliphatic carboxylic acids is 1. The first-order valence-corrected chi connectivity index (χ1v) is 7.02. The van der Waals surface area contributed by atoms with Gasteiger partial charge in [0.15, 0.2) is 0 Å². The van der Waals surface area contributed by atoms with E-state index < -0.39 is 5.97 Å². The van der Waals surface area contributed by atoms with Gasteiger partial charge in [0.25, 0.3) is 0 Å². The van der Waals surface area contributed by atoms with Gasteiger partial charge in [0, 0.05) is 6.08 Å². The molecule has 0 spiro atoms. The van der Waals surface area contributed by atoms with Crippen LogP contribution in [0.25, 0.3) is 0 Å². The van der Waals surface area contributed by atoms with Crippen LogP contribution in [0, 0.1) is 0 Å². The molecule has 0 aromatic heterocycles. The Balaban J connectivity index is 0.000000463. The first-order valence-electron chi connectivity index (χ1n) is 7.02. The lowest BCUT2D eigenvalue weighted by Gasteiger charge is -2.21. The van der Waals surface area contributed by atoms with Crippen molar-refractivity contribution in [3.8, 4) is 0 Å². The van der Waals surface area contributed by atoms with Crippen LogP contribution in [0.3, 0.4) is 0 Å². The van der Waals surface area contributed by atoms with Gasteiger partial charge in [-0.05, 0) is 31.2 Å². The molecule has 0 heterocycles. The van der Waals surface area contributed by atoms with Gasteiger partial charge in [-0.2, -0.15) is 0 Å². The molecule has 2 aromatic rings. The molecule has 0 saturated heterocycles. The van der Waals surface area contributed by atoms with Gasteiger partial charge in [-0.15, -0.1) is 0 Å². The maximum atomic E-state index is 12.0. The van der Waals surface area contributed by atoms with Crippen molar-refractivity contribution < 1.29 is 19.4 Å². The van der Waals surface area contributed by atoms with E-state index in [0.717, 1.165) is 17.5 Å². The molecule has 0 atom stereocenters. The van der Waals surface area contributed by atoms with Crippen molar-refractivity contribution in [3.63, 3.8) is 0 Å². The van der Waals surface area contributed by atoms with Crippen LogP contribution in [-0.2, 0) is 9.53 Å². The van der Waals surface area contributed by atoms with Crippen LogP contribution in [0.4, 0.5) is 16.2 Å². The first-order chi connectivity index (χ1) is 11.1. The number of carboxylic acid groups (broad SMARTS) is 1. The molecule has 0 fully saturated rings. The number of nitrogens with zero attached hydrogens (tertiary/aromatic N) is 1. The van der Waals surface area contributed by atoms with Gasteiger partial charge in [-0.25, -0.2) is 14.5 Å². The SMILES string of the molecule is C=CC(=O)O.CCOC(=O)N(c1ccccc1)c1ccccc1. The molecule has 0 aliphatic carbocycles. The highest BCUT2D eigenvalue weighted by Crippen LogP contribution is 2.25. The summed E-state index contributed by atoms with van der Waals surface area (Å²) in [6, 6.07) is 18.9. The third-order valence-electron chi connectivity index (χ3n) is 2.65. The lowest BCUT2D eigenvalue weighted by Crippen LogP contribution is -2.26. The summed E-state index contributed by atoms with van der Waals surface area (Å²) in [5.41, 5.74) is 1.59. The normalized spacial score (nSPS) is 9.09. The summed E-state index contributed by atoms with van der Waals surface area (Å²) < 4.78 is 5.10. The minimum Gasteiger partial charge on any atom is -0.478 e. The zero-order chi connectivity index (χ0) is 17.1. The quantitative estimate of drug-likeness (QED) is 0.857. The predicted molar refractivity (Wildman–Crippen MR) is 89.9 cm³/mol. The Kier molecular flexibility index (Phi) is 7.64. The summed E-state index contributed by atoms with van der Waals surface area (Å²) in [6.07, 6.45) is 0.467. The molecule has 0 aliphatic heterocycles. The number of hydrogen-bond acceptors (Lipinski definition) is 3. The van der Waals surface area contributed by atoms with Crippen molar-refractivity contribution in [1.82, 2.24) is 0 Å². The van der Waals surface area contributed by atoms with E-state index in [9.17, 15) is 9.59 Å². The van der Waals surface area contributed by atoms with Crippen LogP contribution in [0.2, 0.25) is 0 Å². The fourth-order valence-corrected chi connectivity index (χ4v) is 1.70. The second-order valence-corrected chi connectivity index (χ2v) is 4.25. The second kappa shape index (κ2) is 9.78. The first kappa shape index (κ1) is 18.0. The second-order valence-electron chi connectivity index (χ2n) is 4.25. The molecule has 2 aromatic carbocycles. The monoisotopic (exact) mass is 313 g/mol. The fourth-order valence-electron chi connectivity index (χ4n) is 1.70. The van der Waals surface area contributed by atoms with E-state index in [1.807, 2.05) is 60.7 Å². The van der Waals surface area contributed by atoms with Crippen molar-refractivity contribution in [1.29, 1.82) is 0 Å². The Morgan fingerprint density at radius 1 is 1.04 bits per heavy atom. The lowest BCUT2D eigenvalue weighted by atomic mass is 10.2. The molecule has 5 heteroatoms. The summed E-state index contributed by atoms with van der Waals surface area (Å²) in [5, 5.41) is 7.60.